The molecule has 7 nitrogen and oxygen atoms in total. The number of hydrogen-bond donors (Lipinski definition) is 3. The van der Waals surface area contributed by atoms with Crippen molar-refractivity contribution in [3.8, 4) is 5.75 Å². The molecule has 1 aliphatic heterocycles. The normalized spacial score (nSPS) is 15.2. The van der Waals surface area contributed by atoms with Crippen LogP contribution in [0.5, 0.6) is 5.75 Å². The molecule has 1 atom stereocenters. The fourth-order valence-electron chi connectivity index (χ4n) is 2.96. The van der Waals surface area contributed by atoms with E-state index >= 15 is 0 Å². The van der Waals surface area contributed by atoms with E-state index in [0.29, 0.717) is 12.6 Å². The molecule has 0 amide bonds. The Morgan fingerprint density at radius 3 is 2.41 bits per heavy atom. The van der Waals surface area contributed by atoms with E-state index in [4.69, 9.17) is 9.29 Å². The number of ether oxygens (including phenoxy) is 1. The smallest absolute Gasteiger partial charge is 0.294 e. The monoisotopic (exact) mass is 455 g/mol. The van der Waals surface area contributed by atoms with Crippen molar-refractivity contribution in [1.29, 1.82) is 0 Å². The van der Waals surface area contributed by atoms with Crippen LogP contribution in [0, 0.1) is 13.8 Å². The largest absolute Gasteiger partial charge is 0.490 e. The standard InChI is InChI=1S/C17H21N3O.C7H8O3S/c1-13-17(20-10-14-5-3-2-4-6-14)9-16(11-19-13)21-12-15-7-8-18-15;1-6-2-4-7(5-3-6)11(8,9)10/h2-6,9,11,15,18,20H,7-8,10,12H2,1H3;2-5H,1H3,(H,8,9,10)/t15-;/m0./s1. The molecule has 0 bridgehead atoms. The minimum Gasteiger partial charge on any atom is -0.490 e. The number of rotatable bonds is 7. The van der Waals surface area contributed by atoms with Crippen LogP contribution in [-0.4, -0.2) is 37.1 Å². The van der Waals surface area contributed by atoms with Crippen LogP contribution in [-0.2, 0) is 16.7 Å². The van der Waals surface area contributed by atoms with Crippen molar-refractivity contribution >= 4 is 15.8 Å². The van der Waals surface area contributed by atoms with Crippen LogP contribution in [0.4, 0.5) is 5.69 Å². The maximum absolute atomic E-state index is 10.5. The lowest BCUT2D eigenvalue weighted by molar-refractivity contribution is 0.217. The van der Waals surface area contributed by atoms with E-state index < -0.39 is 10.1 Å². The van der Waals surface area contributed by atoms with Gasteiger partial charge in [-0.15, -0.1) is 0 Å². The molecule has 8 heteroatoms. The zero-order chi connectivity index (χ0) is 23.0. The molecule has 0 radical (unpaired) electrons. The first-order chi connectivity index (χ1) is 15.3. The van der Waals surface area contributed by atoms with Gasteiger partial charge in [0, 0.05) is 18.7 Å². The minimum absolute atomic E-state index is 0.0666. The van der Waals surface area contributed by atoms with Crippen LogP contribution in [0.15, 0.2) is 71.8 Å². The molecule has 1 aromatic heterocycles. The van der Waals surface area contributed by atoms with E-state index in [-0.39, 0.29) is 4.90 Å². The van der Waals surface area contributed by atoms with Crippen molar-refractivity contribution in [2.75, 3.05) is 18.5 Å². The van der Waals surface area contributed by atoms with Crippen molar-refractivity contribution in [1.82, 2.24) is 10.3 Å². The summed E-state index contributed by atoms with van der Waals surface area (Å²) in [5, 5.41) is 6.75. The zero-order valence-electron chi connectivity index (χ0n) is 18.3. The van der Waals surface area contributed by atoms with E-state index in [1.54, 1.807) is 18.3 Å². The van der Waals surface area contributed by atoms with E-state index in [9.17, 15) is 8.42 Å². The van der Waals surface area contributed by atoms with Crippen LogP contribution >= 0.6 is 0 Å². The molecular formula is C24H29N3O4S. The Labute approximate surface area is 189 Å². The highest BCUT2D eigenvalue weighted by Crippen LogP contribution is 2.21. The van der Waals surface area contributed by atoms with Gasteiger partial charge in [0.1, 0.15) is 12.4 Å². The van der Waals surface area contributed by atoms with Crippen LogP contribution in [0.1, 0.15) is 23.2 Å². The molecule has 3 aromatic rings. The second kappa shape index (κ2) is 11.1. The Bertz CT molecular complexity index is 1100. The number of nitrogens with zero attached hydrogens (tertiary/aromatic N) is 1. The van der Waals surface area contributed by atoms with Gasteiger partial charge < -0.3 is 15.4 Å². The lowest BCUT2D eigenvalue weighted by Gasteiger charge is -2.27. The van der Waals surface area contributed by atoms with E-state index in [2.05, 4.69) is 27.8 Å². The first-order valence-corrected chi connectivity index (χ1v) is 11.9. The molecular weight excluding hydrogens is 426 g/mol. The third-order valence-electron chi connectivity index (χ3n) is 5.08. The molecule has 1 aliphatic rings. The van der Waals surface area contributed by atoms with Gasteiger partial charge in [0.2, 0.25) is 0 Å². The SMILES string of the molecule is Cc1ccc(S(=O)(=O)O)cc1.Cc1ncc(OC[C@@H]2CCN2)cc1NCc1ccccc1. The summed E-state index contributed by atoms with van der Waals surface area (Å²) in [4.78, 5) is 4.34. The van der Waals surface area contributed by atoms with Crippen LogP contribution in [0.3, 0.4) is 0 Å². The summed E-state index contributed by atoms with van der Waals surface area (Å²) in [5.74, 6) is 0.824. The van der Waals surface area contributed by atoms with E-state index in [1.807, 2.05) is 38.1 Å². The van der Waals surface area contributed by atoms with Gasteiger partial charge in [-0.2, -0.15) is 8.42 Å². The number of aryl methyl sites for hydroxylation is 2. The van der Waals surface area contributed by atoms with E-state index in [1.165, 1.54) is 24.1 Å². The number of hydrogen-bond acceptors (Lipinski definition) is 6. The summed E-state index contributed by atoms with van der Waals surface area (Å²) >= 11 is 0. The second-order valence-electron chi connectivity index (χ2n) is 7.68. The highest BCUT2D eigenvalue weighted by atomic mass is 32.2. The first-order valence-electron chi connectivity index (χ1n) is 10.5. The van der Waals surface area contributed by atoms with Crippen molar-refractivity contribution in [2.45, 2.75) is 37.8 Å². The number of pyridine rings is 1. The van der Waals surface area contributed by atoms with Crippen molar-refractivity contribution in [2.24, 2.45) is 0 Å². The first kappa shape index (κ1) is 23.7. The van der Waals surface area contributed by atoms with Gasteiger partial charge in [0.25, 0.3) is 10.1 Å². The topological polar surface area (TPSA) is 101 Å². The van der Waals surface area contributed by atoms with Crippen molar-refractivity contribution in [3.05, 3.63) is 83.7 Å². The van der Waals surface area contributed by atoms with Gasteiger partial charge >= 0.3 is 0 Å². The number of nitrogens with one attached hydrogen (secondary N) is 2. The summed E-state index contributed by atoms with van der Waals surface area (Å²) in [7, 11) is -4.02. The number of aromatic nitrogens is 1. The summed E-state index contributed by atoms with van der Waals surface area (Å²) in [6.07, 6.45) is 2.99. The Morgan fingerprint density at radius 1 is 1.12 bits per heavy atom. The van der Waals surface area contributed by atoms with Gasteiger partial charge in [0.05, 0.1) is 22.5 Å². The van der Waals surface area contributed by atoms with Crippen LogP contribution < -0.4 is 15.4 Å². The number of benzene rings is 2. The molecule has 0 unspecified atom stereocenters. The lowest BCUT2D eigenvalue weighted by atomic mass is 10.1. The Morgan fingerprint density at radius 2 is 1.81 bits per heavy atom. The molecule has 170 valence electrons. The summed E-state index contributed by atoms with van der Waals surface area (Å²) < 4.78 is 35.3. The van der Waals surface area contributed by atoms with Gasteiger partial charge in [-0.25, -0.2) is 0 Å². The van der Waals surface area contributed by atoms with Crippen molar-refractivity contribution in [3.63, 3.8) is 0 Å². The lowest BCUT2D eigenvalue weighted by Crippen LogP contribution is -2.46. The third-order valence-corrected chi connectivity index (χ3v) is 5.95. The van der Waals surface area contributed by atoms with Gasteiger partial charge in [-0.1, -0.05) is 48.0 Å². The van der Waals surface area contributed by atoms with Gasteiger partial charge in [-0.3, -0.25) is 9.54 Å². The third kappa shape index (κ3) is 7.33. The molecule has 3 N–H and O–H groups in total. The summed E-state index contributed by atoms with van der Waals surface area (Å²) in [6, 6.07) is 18.9. The maximum atomic E-state index is 10.5. The number of anilines is 1. The van der Waals surface area contributed by atoms with E-state index in [0.717, 1.165) is 35.8 Å². The van der Waals surface area contributed by atoms with Crippen LogP contribution in [0.25, 0.3) is 0 Å². The Hall–Kier alpha value is -2.94. The summed E-state index contributed by atoms with van der Waals surface area (Å²) in [5.41, 5.74) is 4.22. The Kier molecular flexibility index (Phi) is 8.21. The fourth-order valence-corrected chi connectivity index (χ4v) is 3.44. The van der Waals surface area contributed by atoms with Gasteiger partial charge in [0.15, 0.2) is 0 Å². The maximum Gasteiger partial charge on any atom is 0.294 e. The molecule has 2 heterocycles. The molecule has 0 aliphatic carbocycles. The van der Waals surface area contributed by atoms with Crippen LogP contribution in [0.2, 0.25) is 0 Å². The highest BCUT2D eigenvalue weighted by Gasteiger charge is 2.16. The van der Waals surface area contributed by atoms with Gasteiger partial charge in [-0.05, 0) is 44.5 Å². The minimum atomic E-state index is -4.02. The zero-order valence-corrected chi connectivity index (χ0v) is 19.1. The molecule has 1 saturated heterocycles. The summed E-state index contributed by atoms with van der Waals surface area (Å²) in [6.45, 7) is 6.45. The molecule has 2 aromatic carbocycles. The average molecular weight is 456 g/mol. The Balaban J connectivity index is 0.000000222. The highest BCUT2D eigenvalue weighted by molar-refractivity contribution is 7.85. The fraction of sp³-hybridized carbons (Fsp3) is 0.292. The second-order valence-corrected chi connectivity index (χ2v) is 9.10. The predicted molar refractivity (Wildman–Crippen MR) is 126 cm³/mol. The molecule has 1 fully saturated rings. The average Bonchev–Trinajstić information content (AvgIpc) is 2.74. The predicted octanol–water partition coefficient (Wildman–Crippen LogP) is 3.98. The van der Waals surface area contributed by atoms with Crippen molar-refractivity contribution < 1.29 is 17.7 Å². The molecule has 32 heavy (non-hydrogen) atoms. The molecule has 0 saturated carbocycles. The molecule has 4 rings (SSSR count). The quantitative estimate of drug-likeness (QED) is 0.463. The molecule has 0 spiro atoms.